The van der Waals surface area contributed by atoms with Crippen LogP contribution >= 0.6 is 0 Å². The van der Waals surface area contributed by atoms with Gasteiger partial charge in [-0.15, -0.1) is 0 Å². The molecule has 2 heterocycles. The summed E-state index contributed by atoms with van der Waals surface area (Å²) in [5.74, 6) is 0.235. The first-order chi connectivity index (χ1) is 14.3. The maximum Gasteiger partial charge on any atom is 0.416 e. The third kappa shape index (κ3) is 5.34. The quantitative estimate of drug-likeness (QED) is 0.712. The van der Waals surface area contributed by atoms with Crippen LogP contribution in [0.5, 0.6) is 0 Å². The Morgan fingerprint density at radius 2 is 2.07 bits per heavy atom. The lowest BCUT2D eigenvalue weighted by Crippen LogP contribution is -2.50. The molecule has 1 saturated heterocycles. The van der Waals surface area contributed by atoms with E-state index in [1.165, 1.54) is 12.1 Å². The van der Waals surface area contributed by atoms with Crippen LogP contribution in [-0.4, -0.2) is 65.1 Å². The SMILES string of the molecule is CC(c1nc(-c2cccc(C(F)(F)F)c2)no1)N1CCN(CC(=O)NCC#N)CC1. The first kappa shape index (κ1) is 21.7. The molecule has 0 bridgehead atoms. The van der Waals surface area contributed by atoms with E-state index in [9.17, 15) is 18.0 Å². The zero-order valence-corrected chi connectivity index (χ0v) is 16.3. The Labute approximate surface area is 171 Å². The number of halogens is 3. The van der Waals surface area contributed by atoms with Crippen molar-refractivity contribution in [2.45, 2.75) is 19.1 Å². The molecule has 2 aromatic rings. The van der Waals surface area contributed by atoms with Crippen molar-refractivity contribution in [1.29, 1.82) is 5.26 Å². The molecule has 0 spiro atoms. The number of carbonyl (C=O) groups excluding carboxylic acids is 1. The lowest BCUT2D eigenvalue weighted by atomic mass is 10.1. The van der Waals surface area contributed by atoms with Crippen LogP contribution in [0.25, 0.3) is 11.4 Å². The summed E-state index contributed by atoms with van der Waals surface area (Å²) >= 11 is 0. The number of nitrogens with one attached hydrogen (secondary N) is 1. The number of aromatic nitrogens is 2. The van der Waals surface area contributed by atoms with Crippen molar-refractivity contribution < 1.29 is 22.5 Å². The molecule has 1 aliphatic rings. The van der Waals surface area contributed by atoms with Gasteiger partial charge in [0.1, 0.15) is 6.54 Å². The molecule has 160 valence electrons. The maximum atomic E-state index is 12.9. The van der Waals surface area contributed by atoms with Gasteiger partial charge in [-0.1, -0.05) is 17.3 Å². The minimum atomic E-state index is -4.44. The Kier molecular flexibility index (Phi) is 6.69. The first-order valence-corrected chi connectivity index (χ1v) is 9.39. The number of nitrogens with zero attached hydrogens (tertiary/aromatic N) is 5. The van der Waals surface area contributed by atoms with Gasteiger partial charge in [-0.05, 0) is 19.1 Å². The largest absolute Gasteiger partial charge is 0.416 e. The molecule has 1 fully saturated rings. The van der Waals surface area contributed by atoms with Gasteiger partial charge in [-0.2, -0.15) is 23.4 Å². The van der Waals surface area contributed by atoms with E-state index in [1.807, 2.05) is 17.9 Å². The standard InChI is InChI=1S/C19H21F3N6O2/c1-13(28-9-7-27(8-10-28)12-16(29)24-6-5-23)18-25-17(26-30-18)14-3-2-4-15(11-14)19(20,21)22/h2-4,11,13H,6-10,12H2,1H3,(H,24,29). The fraction of sp³-hybridized carbons (Fsp3) is 0.474. The summed E-state index contributed by atoms with van der Waals surface area (Å²) in [6.07, 6.45) is -4.44. The third-order valence-electron chi connectivity index (χ3n) is 4.93. The second-order valence-corrected chi connectivity index (χ2v) is 6.96. The Hall–Kier alpha value is -2.97. The van der Waals surface area contributed by atoms with E-state index in [0.717, 1.165) is 12.1 Å². The van der Waals surface area contributed by atoms with Crippen molar-refractivity contribution in [3.05, 3.63) is 35.7 Å². The predicted octanol–water partition coefficient (Wildman–Crippen LogP) is 2.07. The number of alkyl halides is 3. The summed E-state index contributed by atoms with van der Waals surface area (Å²) in [6.45, 7) is 4.73. The van der Waals surface area contributed by atoms with Crippen LogP contribution < -0.4 is 5.32 Å². The topological polar surface area (TPSA) is 98.3 Å². The van der Waals surface area contributed by atoms with Gasteiger partial charge >= 0.3 is 6.18 Å². The van der Waals surface area contributed by atoms with Crippen LogP contribution in [0.1, 0.15) is 24.4 Å². The van der Waals surface area contributed by atoms with Crippen molar-refractivity contribution in [3.8, 4) is 17.5 Å². The molecule has 1 atom stereocenters. The highest BCUT2D eigenvalue weighted by Gasteiger charge is 2.31. The van der Waals surface area contributed by atoms with E-state index in [1.54, 1.807) is 0 Å². The molecule has 11 heteroatoms. The fourth-order valence-electron chi connectivity index (χ4n) is 3.22. The van der Waals surface area contributed by atoms with Crippen molar-refractivity contribution in [2.75, 3.05) is 39.3 Å². The second kappa shape index (κ2) is 9.23. The van der Waals surface area contributed by atoms with Crippen molar-refractivity contribution in [1.82, 2.24) is 25.3 Å². The highest BCUT2D eigenvalue weighted by Crippen LogP contribution is 2.32. The first-order valence-electron chi connectivity index (χ1n) is 9.39. The van der Waals surface area contributed by atoms with Gasteiger partial charge in [-0.3, -0.25) is 14.6 Å². The number of benzene rings is 1. The average molecular weight is 422 g/mol. The number of nitriles is 1. The van der Waals surface area contributed by atoms with E-state index in [4.69, 9.17) is 9.78 Å². The maximum absolute atomic E-state index is 12.9. The summed E-state index contributed by atoms with van der Waals surface area (Å²) < 4.78 is 44.1. The van der Waals surface area contributed by atoms with Crippen molar-refractivity contribution in [3.63, 3.8) is 0 Å². The Morgan fingerprint density at radius 3 is 2.73 bits per heavy atom. The van der Waals surface area contributed by atoms with E-state index < -0.39 is 11.7 Å². The van der Waals surface area contributed by atoms with Gasteiger partial charge in [0.2, 0.25) is 17.6 Å². The van der Waals surface area contributed by atoms with Gasteiger partial charge in [0.05, 0.1) is 24.2 Å². The molecule has 1 aromatic carbocycles. The zero-order valence-electron chi connectivity index (χ0n) is 16.3. The summed E-state index contributed by atoms with van der Waals surface area (Å²) in [7, 11) is 0. The molecular formula is C19H21F3N6O2. The third-order valence-corrected chi connectivity index (χ3v) is 4.93. The van der Waals surface area contributed by atoms with Crippen LogP contribution in [-0.2, 0) is 11.0 Å². The van der Waals surface area contributed by atoms with Crippen LogP contribution in [0.15, 0.2) is 28.8 Å². The summed E-state index contributed by atoms with van der Waals surface area (Å²) in [6, 6.07) is 6.45. The van der Waals surface area contributed by atoms with Crippen molar-refractivity contribution >= 4 is 5.91 Å². The van der Waals surface area contributed by atoms with Crippen LogP contribution in [0.4, 0.5) is 13.2 Å². The van der Waals surface area contributed by atoms with Gasteiger partial charge < -0.3 is 9.84 Å². The molecule has 3 rings (SSSR count). The predicted molar refractivity (Wildman–Crippen MR) is 99.8 cm³/mol. The minimum Gasteiger partial charge on any atom is -0.342 e. The normalized spacial score (nSPS) is 16.8. The van der Waals surface area contributed by atoms with Crippen molar-refractivity contribution in [2.24, 2.45) is 0 Å². The number of rotatable bonds is 6. The summed E-state index contributed by atoms with van der Waals surface area (Å²) in [4.78, 5) is 20.1. The molecule has 1 unspecified atom stereocenters. The zero-order chi connectivity index (χ0) is 21.7. The molecule has 8 nitrogen and oxygen atoms in total. The molecule has 0 radical (unpaired) electrons. The van der Waals surface area contributed by atoms with Gasteiger partial charge in [0.15, 0.2) is 0 Å². The number of amides is 1. The monoisotopic (exact) mass is 422 g/mol. The Morgan fingerprint density at radius 1 is 1.33 bits per heavy atom. The van der Waals surface area contributed by atoms with Crippen LogP contribution in [0, 0.1) is 11.3 Å². The lowest BCUT2D eigenvalue weighted by Gasteiger charge is -2.36. The van der Waals surface area contributed by atoms with Gasteiger partial charge in [0.25, 0.3) is 0 Å². The number of piperazine rings is 1. The number of hydrogen-bond donors (Lipinski definition) is 1. The summed E-state index contributed by atoms with van der Waals surface area (Å²) in [5, 5.41) is 14.8. The highest BCUT2D eigenvalue weighted by molar-refractivity contribution is 5.78. The average Bonchev–Trinajstić information content (AvgIpc) is 3.22. The molecule has 1 aromatic heterocycles. The smallest absolute Gasteiger partial charge is 0.342 e. The molecule has 0 aliphatic carbocycles. The van der Waals surface area contributed by atoms with E-state index in [2.05, 4.69) is 20.4 Å². The van der Waals surface area contributed by atoms with Crippen LogP contribution in [0.2, 0.25) is 0 Å². The fourth-order valence-corrected chi connectivity index (χ4v) is 3.22. The van der Waals surface area contributed by atoms with E-state index in [0.29, 0.717) is 32.1 Å². The molecule has 1 aliphatic heterocycles. The second-order valence-electron chi connectivity index (χ2n) is 6.96. The van der Waals surface area contributed by atoms with E-state index >= 15 is 0 Å². The van der Waals surface area contributed by atoms with Crippen LogP contribution in [0.3, 0.4) is 0 Å². The Bertz CT molecular complexity index is 915. The minimum absolute atomic E-state index is 0.0127. The Balaban J connectivity index is 1.59. The number of carbonyl (C=O) groups is 1. The van der Waals surface area contributed by atoms with Gasteiger partial charge in [-0.25, -0.2) is 0 Å². The molecule has 1 amide bonds. The number of hydrogen-bond acceptors (Lipinski definition) is 7. The van der Waals surface area contributed by atoms with E-state index in [-0.39, 0.29) is 36.4 Å². The summed E-state index contributed by atoms with van der Waals surface area (Å²) in [5.41, 5.74) is -0.533. The molecular weight excluding hydrogens is 401 g/mol. The lowest BCUT2D eigenvalue weighted by molar-refractivity contribution is -0.137. The molecule has 30 heavy (non-hydrogen) atoms. The molecule has 1 N–H and O–H groups in total. The van der Waals surface area contributed by atoms with Gasteiger partial charge in [0, 0.05) is 31.7 Å². The highest BCUT2D eigenvalue weighted by atomic mass is 19.4. The molecule has 0 saturated carbocycles.